The molecule has 8 nitrogen and oxygen atoms in total. The van der Waals surface area contributed by atoms with Crippen LogP contribution < -0.4 is 20.1 Å². The predicted molar refractivity (Wildman–Crippen MR) is 149 cm³/mol. The first-order chi connectivity index (χ1) is 21.1. The molecule has 3 fully saturated rings. The van der Waals surface area contributed by atoms with Gasteiger partial charge in [0.25, 0.3) is 0 Å². The van der Waals surface area contributed by atoms with Crippen LogP contribution in [0.4, 0.5) is 41.2 Å². The summed E-state index contributed by atoms with van der Waals surface area (Å²) in [5.74, 6) is -2.19. The first-order valence-corrected chi connectivity index (χ1v) is 14.3. The van der Waals surface area contributed by atoms with Crippen LogP contribution in [0.2, 0.25) is 0 Å². The normalized spacial score (nSPS) is 23.3. The molecule has 2 amide bonds. The second-order valence-electron chi connectivity index (χ2n) is 11.5. The zero-order valence-electron chi connectivity index (χ0n) is 24.5. The lowest BCUT2D eigenvalue weighted by atomic mass is 9.65. The summed E-state index contributed by atoms with van der Waals surface area (Å²) < 4.78 is 96.4. The van der Waals surface area contributed by atoms with Gasteiger partial charge >= 0.3 is 24.4 Å². The minimum absolute atomic E-state index is 0.101. The number of hydrogen-bond donors (Lipinski definition) is 3. The number of likely N-dealkylation sites (tertiary alicyclic amines) is 1. The average molecular weight is 650 g/mol. The van der Waals surface area contributed by atoms with Gasteiger partial charge in [-0.05, 0) is 80.8 Å². The molecule has 3 aliphatic rings. The molecule has 3 N–H and O–H groups in total. The summed E-state index contributed by atoms with van der Waals surface area (Å²) in [6.07, 6.45) is -4.24. The van der Waals surface area contributed by atoms with Crippen molar-refractivity contribution in [3.63, 3.8) is 0 Å². The van der Waals surface area contributed by atoms with E-state index in [1.807, 2.05) is 6.07 Å². The Morgan fingerprint density at radius 2 is 1.67 bits per heavy atom. The molecule has 1 saturated heterocycles. The van der Waals surface area contributed by atoms with Crippen LogP contribution in [0.3, 0.4) is 0 Å². The van der Waals surface area contributed by atoms with Gasteiger partial charge in [-0.2, -0.15) is 26.3 Å². The largest absolute Gasteiger partial charge is 0.493 e. The summed E-state index contributed by atoms with van der Waals surface area (Å²) in [5, 5.41) is 12.3. The molecule has 3 atom stereocenters. The number of fused-ring (bicyclic) bond motifs is 1. The van der Waals surface area contributed by atoms with E-state index < -0.39 is 41.4 Å². The number of nitrogens with one attached hydrogen (secondary N) is 2. The third kappa shape index (κ3) is 7.92. The summed E-state index contributed by atoms with van der Waals surface area (Å²) in [5.41, 5.74) is -0.818. The number of alkyl halides is 6. The highest BCUT2D eigenvalue weighted by molar-refractivity contribution is 5.89. The number of benzene rings is 2. The Morgan fingerprint density at radius 3 is 2.24 bits per heavy atom. The van der Waals surface area contributed by atoms with E-state index in [-0.39, 0.29) is 17.5 Å². The highest BCUT2D eigenvalue weighted by atomic mass is 19.4. The number of methoxy groups -OCH3 is 2. The fourth-order valence-corrected chi connectivity index (χ4v) is 6.30. The van der Waals surface area contributed by atoms with Crippen LogP contribution >= 0.6 is 0 Å². The Bertz CT molecular complexity index is 1380. The molecule has 0 unspecified atom stereocenters. The van der Waals surface area contributed by atoms with Crippen molar-refractivity contribution in [3.8, 4) is 11.5 Å². The van der Waals surface area contributed by atoms with Gasteiger partial charge in [-0.1, -0.05) is 12.1 Å². The van der Waals surface area contributed by atoms with Crippen LogP contribution in [-0.4, -0.2) is 67.6 Å². The van der Waals surface area contributed by atoms with Gasteiger partial charge in [0.15, 0.2) is 17.3 Å². The maximum atomic E-state index is 14.4. The summed E-state index contributed by atoms with van der Waals surface area (Å²) in [6, 6.07) is 8.24. The summed E-state index contributed by atoms with van der Waals surface area (Å²) >= 11 is 0. The maximum absolute atomic E-state index is 14.4. The lowest BCUT2D eigenvalue weighted by Gasteiger charge is -2.45. The summed E-state index contributed by atoms with van der Waals surface area (Å²) in [7, 11) is 3.23. The second-order valence-corrected chi connectivity index (χ2v) is 11.5. The predicted octanol–water partition coefficient (Wildman–Crippen LogP) is 6.59. The van der Waals surface area contributed by atoms with Crippen molar-refractivity contribution in [2.24, 2.45) is 5.92 Å². The monoisotopic (exact) mass is 649 g/mol. The first kappa shape index (κ1) is 34.1. The maximum Gasteiger partial charge on any atom is 0.490 e. The molecule has 248 valence electrons. The molecule has 0 radical (unpaired) electrons. The molecule has 2 aliphatic carbocycles. The number of anilines is 1. The molecule has 2 aromatic carbocycles. The number of nitrogens with zero attached hydrogens (tertiary/aromatic N) is 1. The topological polar surface area (TPSA) is 100 Å². The fraction of sp³-hybridized carbons (Fsp3) is 0.533. The van der Waals surface area contributed by atoms with Gasteiger partial charge in [0.1, 0.15) is 0 Å². The molecule has 0 aromatic heterocycles. The lowest BCUT2D eigenvalue weighted by Crippen LogP contribution is -2.53. The highest BCUT2D eigenvalue weighted by Crippen LogP contribution is 2.51. The van der Waals surface area contributed by atoms with E-state index in [0.717, 1.165) is 38.1 Å². The molecule has 45 heavy (non-hydrogen) atoms. The molecule has 5 rings (SSSR count). The molecule has 0 bridgehead atoms. The highest BCUT2D eigenvalue weighted by Gasteiger charge is 2.52. The zero-order valence-corrected chi connectivity index (χ0v) is 24.5. The third-order valence-electron chi connectivity index (χ3n) is 8.65. The Kier molecular flexibility index (Phi) is 10.1. The van der Waals surface area contributed by atoms with Gasteiger partial charge in [-0.3, -0.25) is 4.90 Å². The molecule has 2 aromatic rings. The average Bonchev–Trinajstić information content (AvgIpc) is 3.72. The van der Waals surface area contributed by atoms with E-state index in [4.69, 9.17) is 19.4 Å². The number of carbonyl (C=O) groups is 2. The second kappa shape index (κ2) is 13.3. The Labute approximate surface area is 254 Å². The Hall–Kier alpha value is -3.75. The van der Waals surface area contributed by atoms with Crippen molar-refractivity contribution >= 4 is 17.7 Å². The number of rotatable bonds is 7. The van der Waals surface area contributed by atoms with E-state index in [9.17, 15) is 35.5 Å². The third-order valence-corrected chi connectivity index (χ3v) is 8.65. The molecule has 0 spiro atoms. The van der Waals surface area contributed by atoms with E-state index in [0.29, 0.717) is 36.3 Å². The van der Waals surface area contributed by atoms with E-state index in [2.05, 4.69) is 27.7 Å². The van der Waals surface area contributed by atoms with Crippen LogP contribution in [0.15, 0.2) is 36.4 Å². The van der Waals surface area contributed by atoms with Crippen LogP contribution in [0.25, 0.3) is 0 Å². The van der Waals surface area contributed by atoms with Crippen LogP contribution in [0.5, 0.6) is 11.5 Å². The molecule has 2 saturated carbocycles. The van der Waals surface area contributed by atoms with Crippen molar-refractivity contribution < 1.29 is 54.9 Å². The minimum atomic E-state index is -5.08. The van der Waals surface area contributed by atoms with Gasteiger partial charge in [0.2, 0.25) is 0 Å². The number of carboxylic acids is 1. The number of ether oxygens (including phenoxy) is 2. The number of carbonyl (C=O) groups excluding carboxylic acids is 1. The van der Waals surface area contributed by atoms with Crippen molar-refractivity contribution in [1.82, 2.24) is 10.2 Å². The summed E-state index contributed by atoms with van der Waals surface area (Å²) in [6.45, 7) is 1.98. The SMILES string of the molecule is COc1ccc([C@@]23CC[C@@H](NC(=O)Nc4cccc(C(F)(F)F)c4F)C[C@@H]2N(CC2CC2)CC3)cc1OC.O=C(O)C(F)(F)F. The molecule has 15 heteroatoms. The van der Waals surface area contributed by atoms with Gasteiger partial charge < -0.3 is 25.2 Å². The molecular formula is C30H34F7N3O5. The van der Waals surface area contributed by atoms with Crippen molar-refractivity contribution in [2.45, 2.75) is 68.4 Å². The number of carboxylic acid groups (broad SMARTS) is 1. The van der Waals surface area contributed by atoms with Crippen molar-refractivity contribution in [2.75, 3.05) is 32.6 Å². The molecule has 1 aliphatic heterocycles. The van der Waals surface area contributed by atoms with Crippen LogP contribution in [-0.2, 0) is 16.4 Å². The van der Waals surface area contributed by atoms with Gasteiger partial charge in [0, 0.05) is 24.0 Å². The number of urea groups is 1. The van der Waals surface area contributed by atoms with Gasteiger partial charge in [0.05, 0.1) is 25.5 Å². The zero-order chi connectivity index (χ0) is 33.2. The van der Waals surface area contributed by atoms with E-state index in [1.165, 1.54) is 18.4 Å². The number of halogens is 7. The van der Waals surface area contributed by atoms with E-state index >= 15 is 0 Å². The number of amides is 2. The first-order valence-electron chi connectivity index (χ1n) is 14.3. The standard InChI is InChI=1S/C28H33F4N3O3.C2HF3O2/c1-37-22-9-8-18(14-23(22)38-2)27-11-10-19(15-24(27)35(13-12-27)16-17-6-7-17)33-26(36)34-21-5-3-4-20(25(21)29)28(30,31)32;3-2(4,5)1(6)7/h3-5,8-9,14,17,19,24H,6-7,10-13,15-16H2,1-2H3,(H2,33,34,36);(H,6,7)/t19-,24+,27+;/m1./s1. The van der Waals surface area contributed by atoms with Crippen molar-refractivity contribution in [3.05, 3.63) is 53.3 Å². The van der Waals surface area contributed by atoms with Gasteiger partial charge in [-0.15, -0.1) is 0 Å². The Morgan fingerprint density at radius 1 is 1.00 bits per heavy atom. The quantitative estimate of drug-likeness (QED) is 0.293. The molecule has 1 heterocycles. The Balaban J connectivity index is 0.000000591. The van der Waals surface area contributed by atoms with Crippen LogP contribution in [0, 0.1) is 11.7 Å². The van der Waals surface area contributed by atoms with Crippen LogP contribution in [0.1, 0.15) is 49.7 Å². The number of aliphatic carboxylic acids is 1. The fourth-order valence-electron chi connectivity index (χ4n) is 6.30. The number of hydrogen-bond acceptors (Lipinski definition) is 5. The van der Waals surface area contributed by atoms with Crippen molar-refractivity contribution in [1.29, 1.82) is 0 Å². The van der Waals surface area contributed by atoms with Gasteiger partial charge in [-0.25, -0.2) is 14.0 Å². The smallest absolute Gasteiger partial charge is 0.490 e. The van der Waals surface area contributed by atoms with E-state index in [1.54, 1.807) is 14.2 Å². The molecular weight excluding hydrogens is 615 g/mol. The lowest BCUT2D eigenvalue weighted by molar-refractivity contribution is -0.192. The summed E-state index contributed by atoms with van der Waals surface area (Å²) in [4.78, 5) is 24.2. The minimum Gasteiger partial charge on any atom is -0.493 e.